The lowest BCUT2D eigenvalue weighted by Gasteiger charge is -2.09. The molecule has 0 saturated heterocycles. The summed E-state index contributed by atoms with van der Waals surface area (Å²) >= 11 is 1.63. The number of aromatic nitrogens is 2. The molecule has 0 spiro atoms. The predicted molar refractivity (Wildman–Crippen MR) is 56.1 cm³/mol. The molecule has 0 aliphatic rings. The van der Waals surface area contributed by atoms with Gasteiger partial charge in [0, 0.05) is 6.54 Å². The van der Waals surface area contributed by atoms with E-state index >= 15 is 0 Å². The van der Waals surface area contributed by atoms with Crippen LogP contribution in [0.1, 0.15) is 18.9 Å². The van der Waals surface area contributed by atoms with E-state index in [1.807, 2.05) is 0 Å². The first kappa shape index (κ1) is 10.4. The van der Waals surface area contributed by atoms with Crippen LogP contribution in [0.3, 0.4) is 0 Å². The number of nitrogens with one attached hydrogen (secondary N) is 1. The fourth-order valence-electron chi connectivity index (χ4n) is 0.883. The molecular formula is C8H16N4S. The molecular weight excluding hydrogens is 184 g/mol. The van der Waals surface area contributed by atoms with Gasteiger partial charge >= 0.3 is 0 Å². The second-order valence-corrected chi connectivity index (χ2v) is 3.92. The molecule has 0 aliphatic carbocycles. The highest BCUT2D eigenvalue weighted by atomic mass is 32.1. The number of rotatable bonds is 5. The highest BCUT2D eigenvalue weighted by Gasteiger charge is 2.04. The van der Waals surface area contributed by atoms with E-state index in [0.29, 0.717) is 0 Å². The maximum atomic E-state index is 4.09. The zero-order valence-corrected chi connectivity index (χ0v) is 9.19. The van der Waals surface area contributed by atoms with Crippen molar-refractivity contribution >= 4 is 16.5 Å². The maximum Gasteiger partial charge on any atom is 0.205 e. The Labute approximate surface area is 83.0 Å². The van der Waals surface area contributed by atoms with E-state index in [1.54, 1.807) is 11.3 Å². The highest BCUT2D eigenvalue weighted by Crippen LogP contribution is 2.15. The van der Waals surface area contributed by atoms with Crippen LogP contribution in [0.4, 0.5) is 5.13 Å². The molecule has 13 heavy (non-hydrogen) atoms. The second kappa shape index (κ2) is 5.14. The van der Waals surface area contributed by atoms with Crippen LogP contribution in [0.15, 0.2) is 0 Å². The molecule has 0 aromatic carbocycles. The molecule has 0 atom stereocenters. The number of nitrogens with zero attached hydrogens (tertiary/aromatic N) is 3. The lowest BCUT2D eigenvalue weighted by Crippen LogP contribution is -2.16. The van der Waals surface area contributed by atoms with Gasteiger partial charge in [-0.3, -0.25) is 4.90 Å². The third kappa shape index (κ3) is 3.28. The lowest BCUT2D eigenvalue weighted by molar-refractivity contribution is 0.344. The standard InChI is InChI=1S/C8H16N4S/c1-4-9-8-11-10-7(13-8)6-12(3)5-2/h4-6H2,1-3H3,(H,9,11). The molecule has 1 rings (SSSR count). The molecule has 1 aromatic rings. The Morgan fingerprint density at radius 2 is 2.15 bits per heavy atom. The van der Waals surface area contributed by atoms with E-state index in [2.05, 4.69) is 41.3 Å². The summed E-state index contributed by atoms with van der Waals surface area (Å²) in [7, 11) is 2.08. The molecule has 0 bridgehead atoms. The number of hydrogen-bond donors (Lipinski definition) is 1. The van der Waals surface area contributed by atoms with Crippen molar-refractivity contribution in [1.82, 2.24) is 15.1 Å². The number of anilines is 1. The van der Waals surface area contributed by atoms with Gasteiger partial charge in [-0.2, -0.15) is 0 Å². The van der Waals surface area contributed by atoms with Crippen LogP contribution in [0.2, 0.25) is 0 Å². The first-order chi connectivity index (χ1) is 6.26. The Morgan fingerprint density at radius 3 is 2.77 bits per heavy atom. The molecule has 1 aromatic heterocycles. The van der Waals surface area contributed by atoms with Crippen molar-refractivity contribution in [2.24, 2.45) is 0 Å². The van der Waals surface area contributed by atoms with E-state index in [-0.39, 0.29) is 0 Å². The summed E-state index contributed by atoms with van der Waals surface area (Å²) in [5.74, 6) is 0. The van der Waals surface area contributed by atoms with Gasteiger partial charge in [-0.15, -0.1) is 10.2 Å². The molecule has 74 valence electrons. The Hall–Kier alpha value is -0.680. The summed E-state index contributed by atoms with van der Waals surface area (Å²) in [4.78, 5) is 2.20. The first-order valence-electron chi connectivity index (χ1n) is 4.51. The van der Waals surface area contributed by atoms with Crippen molar-refractivity contribution < 1.29 is 0 Å². The average molecular weight is 200 g/mol. The summed E-state index contributed by atoms with van der Waals surface area (Å²) in [6.45, 7) is 7.01. The molecule has 1 heterocycles. The minimum atomic E-state index is 0.888. The number of hydrogen-bond acceptors (Lipinski definition) is 5. The van der Waals surface area contributed by atoms with E-state index in [1.165, 1.54) is 0 Å². The van der Waals surface area contributed by atoms with Crippen LogP contribution >= 0.6 is 11.3 Å². The van der Waals surface area contributed by atoms with Crippen molar-refractivity contribution in [2.45, 2.75) is 20.4 Å². The van der Waals surface area contributed by atoms with Crippen LogP contribution in [0.25, 0.3) is 0 Å². The van der Waals surface area contributed by atoms with Gasteiger partial charge in [0.05, 0.1) is 6.54 Å². The van der Waals surface area contributed by atoms with Gasteiger partial charge in [-0.1, -0.05) is 18.3 Å². The molecule has 0 fully saturated rings. The van der Waals surface area contributed by atoms with Gasteiger partial charge < -0.3 is 5.32 Å². The first-order valence-corrected chi connectivity index (χ1v) is 5.32. The van der Waals surface area contributed by atoms with Crippen LogP contribution in [0.5, 0.6) is 0 Å². The van der Waals surface area contributed by atoms with Gasteiger partial charge in [-0.05, 0) is 20.5 Å². The molecule has 0 saturated carbocycles. The van der Waals surface area contributed by atoms with Crippen LogP contribution in [0, 0.1) is 0 Å². The van der Waals surface area contributed by atoms with Crippen LogP contribution < -0.4 is 5.32 Å². The highest BCUT2D eigenvalue weighted by molar-refractivity contribution is 7.15. The van der Waals surface area contributed by atoms with Crippen molar-refractivity contribution in [3.05, 3.63) is 5.01 Å². The van der Waals surface area contributed by atoms with Gasteiger partial charge in [0.25, 0.3) is 0 Å². The smallest absolute Gasteiger partial charge is 0.205 e. The minimum absolute atomic E-state index is 0.888. The third-order valence-electron chi connectivity index (χ3n) is 1.74. The van der Waals surface area contributed by atoms with Gasteiger partial charge in [-0.25, -0.2) is 0 Å². The van der Waals surface area contributed by atoms with Gasteiger partial charge in [0.15, 0.2) is 0 Å². The normalized spacial score (nSPS) is 10.8. The van der Waals surface area contributed by atoms with Crippen molar-refractivity contribution in [3.8, 4) is 0 Å². The van der Waals surface area contributed by atoms with Crippen molar-refractivity contribution in [3.63, 3.8) is 0 Å². The largest absolute Gasteiger partial charge is 0.360 e. The quantitative estimate of drug-likeness (QED) is 0.780. The summed E-state index contributed by atoms with van der Waals surface area (Å²) in [6, 6.07) is 0. The summed E-state index contributed by atoms with van der Waals surface area (Å²) in [6.07, 6.45) is 0. The van der Waals surface area contributed by atoms with Gasteiger partial charge in [0.2, 0.25) is 5.13 Å². The Balaban J connectivity index is 2.48. The van der Waals surface area contributed by atoms with Crippen LogP contribution in [-0.4, -0.2) is 35.2 Å². The van der Waals surface area contributed by atoms with E-state index in [0.717, 1.165) is 29.8 Å². The molecule has 4 nitrogen and oxygen atoms in total. The molecule has 0 unspecified atom stereocenters. The SMILES string of the molecule is CCNc1nnc(CN(C)CC)s1. The predicted octanol–water partition coefficient (Wildman–Crippen LogP) is 1.42. The summed E-state index contributed by atoms with van der Waals surface area (Å²) in [5.41, 5.74) is 0. The molecule has 0 aliphatic heterocycles. The molecule has 0 radical (unpaired) electrons. The zero-order chi connectivity index (χ0) is 9.68. The van der Waals surface area contributed by atoms with Gasteiger partial charge in [0.1, 0.15) is 5.01 Å². The fraction of sp³-hybridized carbons (Fsp3) is 0.750. The third-order valence-corrected chi connectivity index (χ3v) is 2.61. The van der Waals surface area contributed by atoms with E-state index < -0.39 is 0 Å². The van der Waals surface area contributed by atoms with Crippen molar-refractivity contribution in [2.75, 3.05) is 25.5 Å². The fourth-order valence-corrected chi connectivity index (χ4v) is 1.77. The van der Waals surface area contributed by atoms with Crippen molar-refractivity contribution in [1.29, 1.82) is 0 Å². The lowest BCUT2D eigenvalue weighted by atomic mass is 10.5. The van der Waals surface area contributed by atoms with E-state index in [9.17, 15) is 0 Å². The topological polar surface area (TPSA) is 41.1 Å². The minimum Gasteiger partial charge on any atom is -0.360 e. The monoisotopic (exact) mass is 200 g/mol. The molecule has 0 amide bonds. The molecule has 1 N–H and O–H groups in total. The average Bonchev–Trinajstić information content (AvgIpc) is 2.53. The Morgan fingerprint density at radius 1 is 1.38 bits per heavy atom. The Bertz CT molecular complexity index is 248. The van der Waals surface area contributed by atoms with E-state index in [4.69, 9.17) is 0 Å². The second-order valence-electron chi connectivity index (χ2n) is 2.86. The van der Waals surface area contributed by atoms with Crippen LogP contribution in [-0.2, 0) is 6.54 Å². The maximum absolute atomic E-state index is 4.09. The Kier molecular flexibility index (Phi) is 4.11. The summed E-state index contributed by atoms with van der Waals surface area (Å²) in [5, 5.41) is 13.2. The summed E-state index contributed by atoms with van der Waals surface area (Å²) < 4.78 is 0. The zero-order valence-electron chi connectivity index (χ0n) is 8.37. The molecule has 5 heteroatoms.